The van der Waals surface area contributed by atoms with E-state index in [0.29, 0.717) is 24.0 Å². The Morgan fingerprint density at radius 1 is 0.537 bits per heavy atom. The van der Waals surface area contributed by atoms with Crippen LogP contribution in [0.25, 0.3) is 21.8 Å². The van der Waals surface area contributed by atoms with Gasteiger partial charge in [0.05, 0.1) is 6.04 Å². The Kier molecular flexibility index (Phi) is 18.5. The number of H-pyrrole nitrogens is 2. The molecule has 5 aromatic rings. The molecule has 0 radical (unpaired) electrons. The van der Waals surface area contributed by atoms with Crippen molar-refractivity contribution in [1.29, 1.82) is 0 Å². The minimum absolute atomic E-state index is 0.00118. The van der Waals surface area contributed by atoms with Gasteiger partial charge in [-0.2, -0.15) is 0 Å². The minimum atomic E-state index is -1.26. The maximum absolute atomic E-state index is 14.8. The first-order chi connectivity index (χ1) is 32.0. The lowest BCUT2D eigenvalue weighted by atomic mass is 9.98. The molecule has 18 nitrogen and oxygen atoms in total. The van der Waals surface area contributed by atoms with Crippen LogP contribution in [0.5, 0.6) is 0 Å². The molecule has 15 N–H and O–H groups in total. The molecule has 6 atom stereocenters. The lowest BCUT2D eigenvalue weighted by Gasteiger charge is -2.28. The first-order valence-corrected chi connectivity index (χ1v) is 22.7. The van der Waals surface area contributed by atoms with Gasteiger partial charge in [0.1, 0.15) is 30.2 Å². The van der Waals surface area contributed by atoms with Gasteiger partial charge in [-0.25, -0.2) is 0 Å². The van der Waals surface area contributed by atoms with Crippen molar-refractivity contribution in [2.24, 2.45) is 39.8 Å². The number of aromatic amines is 2. The van der Waals surface area contributed by atoms with Crippen LogP contribution < -0.4 is 49.5 Å². The molecule has 6 amide bonds. The molecule has 358 valence electrons. The number of fused-ring (bicyclic) bond motifs is 2. The van der Waals surface area contributed by atoms with Gasteiger partial charge < -0.3 is 59.5 Å². The number of aliphatic imine (C=N–C) groups is 1. The Morgan fingerprint density at radius 2 is 0.955 bits per heavy atom. The van der Waals surface area contributed by atoms with Gasteiger partial charge in [0.15, 0.2) is 5.96 Å². The fourth-order valence-corrected chi connectivity index (χ4v) is 7.96. The topological polar surface area (TPSA) is 311 Å². The summed E-state index contributed by atoms with van der Waals surface area (Å²) in [5.41, 5.74) is 26.7. The van der Waals surface area contributed by atoms with Crippen LogP contribution in [0, 0.1) is 11.8 Å². The molecule has 0 fully saturated rings. The summed E-state index contributed by atoms with van der Waals surface area (Å²) in [7, 11) is 0. The second kappa shape index (κ2) is 24.4. The second-order valence-electron chi connectivity index (χ2n) is 17.8. The zero-order chi connectivity index (χ0) is 48.6. The lowest BCUT2D eigenvalue weighted by Crippen LogP contribution is -2.60. The maximum atomic E-state index is 14.8. The normalized spacial score (nSPS) is 14.1. The molecule has 3 aromatic carbocycles. The first kappa shape index (κ1) is 50.8. The fourth-order valence-electron chi connectivity index (χ4n) is 7.96. The number of nitrogens with two attached hydrogens (primary N) is 4. The molecular weight excluding hydrogens is 853 g/mol. The van der Waals surface area contributed by atoms with Crippen LogP contribution in [0.1, 0.15) is 70.1 Å². The van der Waals surface area contributed by atoms with Crippen molar-refractivity contribution in [3.05, 3.63) is 108 Å². The largest absolute Gasteiger partial charge is 0.370 e. The van der Waals surface area contributed by atoms with E-state index in [1.165, 1.54) is 0 Å². The summed E-state index contributed by atoms with van der Waals surface area (Å²) in [5, 5.41) is 15.9. The predicted molar refractivity (Wildman–Crippen MR) is 260 cm³/mol. The molecule has 18 heteroatoms. The number of hydrogen-bond donors (Lipinski definition) is 11. The number of rotatable bonds is 25. The molecule has 0 aliphatic rings. The van der Waals surface area contributed by atoms with Crippen molar-refractivity contribution in [3.63, 3.8) is 0 Å². The van der Waals surface area contributed by atoms with Crippen molar-refractivity contribution in [2.75, 3.05) is 6.54 Å². The lowest BCUT2D eigenvalue weighted by molar-refractivity contribution is -0.135. The third-order valence-corrected chi connectivity index (χ3v) is 11.4. The molecule has 0 saturated heterocycles. The van der Waals surface area contributed by atoms with E-state index in [4.69, 9.17) is 22.9 Å². The van der Waals surface area contributed by atoms with Gasteiger partial charge in [0.25, 0.3) is 0 Å². The van der Waals surface area contributed by atoms with Crippen LogP contribution in [-0.4, -0.2) is 94.2 Å². The minimum Gasteiger partial charge on any atom is -0.370 e. The molecule has 2 heterocycles. The number of guanidine groups is 1. The third kappa shape index (κ3) is 15.2. The van der Waals surface area contributed by atoms with Gasteiger partial charge in [0.2, 0.25) is 35.4 Å². The van der Waals surface area contributed by atoms with Crippen molar-refractivity contribution < 1.29 is 28.8 Å². The summed E-state index contributed by atoms with van der Waals surface area (Å²) in [4.78, 5) is 94.1. The van der Waals surface area contributed by atoms with Crippen LogP contribution >= 0.6 is 0 Å². The number of primary amides is 1. The molecule has 0 saturated carbocycles. The maximum Gasteiger partial charge on any atom is 0.243 e. The molecule has 0 aliphatic heterocycles. The summed E-state index contributed by atoms with van der Waals surface area (Å²) in [6.07, 6.45) is 4.74. The molecule has 0 aliphatic carbocycles. The van der Waals surface area contributed by atoms with E-state index in [1.54, 1.807) is 24.5 Å². The van der Waals surface area contributed by atoms with E-state index >= 15 is 0 Å². The Morgan fingerprint density at radius 3 is 1.45 bits per heavy atom. The van der Waals surface area contributed by atoms with Gasteiger partial charge in [-0.3, -0.25) is 33.8 Å². The van der Waals surface area contributed by atoms with Crippen molar-refractivity contribution in [2.45, 2.75) is 109 Å². The molecule has 2 aromatic heterocycles. The quantitative estimate of drug-likeness (QED) is 0.0232. The SMILES string of the molecule is CC(C)CC(NC(=O)C(CC(C)C)NC(=O)C(Cc1c[nH]c2ccccc12)NC(=O)C(Cc1ccccc1)NC(=O)C(Cc1c[nH]c2ccccc12)NC(=O)C(N)CCCN=C(N)N)C(N)=O. The molecule has 0 bridgehead atoms. The number of carbonyl (C=O) groups excluding carboxylic acids is 6. The van der Waals surface area contributed by atoms with E-state index in [2.05, 4.69) is 41.5 Å². The zero-order valence-corrected chi connectivity index (χ0v) is 38.6. The molecular formula is C49H66N12O6. The monoisotopic (exact) mass is 919 g/mol. The highest BCUT2D eigenvalue weighted by Gasteiger charge is 2.34. The van der Waals surface area contributed by atoms with Crippen molar-refractivity contribution in [3.8, 4) is 0 Å². The van der Waals surface area contributed by atoms with Crippen LogP contribution in [0.2, 0.25) is 0 Å². The Hall–Kier alpha value is -7.21. The smallest absolute Gasteiger partial charge is 0.243 e. The van der Waals surface area contributed by atoms with Crippen molar-refractivity contribution in [1.82, 2.24) is 36.6 Å². The standard InChI is InChI=1S/C49H66N12O6/c1-28(2)21-38(43(51)62)57-45(64)39(22-29(3)4)59-48(67)42(25-32-27-56-37-19-11-9-16-34(32)37)61-46(65)40(23-30-13-6-5-7-14-30)60-47(66)41(24-31-26-55-36-18-10-8-15-33(31)36)58-44(63)35(50)17-12-20-54-49(52)53/h5-11,13-16,18-19,26-29,35,38-42,55-56H,12,17,20-25,50H2,1-4H3,(H2,51,62)(H,57,64)(H,58,63)(H,59,67)(H,60,66)(H,61,65)(H4,52,53,54). The number of nitrogens with zero attached hydrogens (tertiary/aromatic N) is 1. The summed E-state index contributed by atoms with van der Waals surface area (Å²) >= 11 is 0. The van der Waals surface area contributed by atoms with E-state index in [9.17, 15) is 28.8 Å². The van der Waals surface area contributed by atoms with Crippen LogP contribution in [-0.2, 0) is 48.0 Å². The average molecular weight is 919 g/mol. The summed E-state index contributed by atoms with van der Waals surface area (Å²) < 4.78 is 0. The van der Waals surface area contributed by atoms with Crippen LogP contribution in [0.4, 0.5) is 0 Å². The Balaban J connectivity index is 1.46. The number of para-hydroxylation sites is 2. The van der Waals surface area contributed by atoms with Crippen LogP contribution in [0.3, 0.4) is 0 Å². The summed E-state index contributed by atoms with van der Waals surface area (Å²) in [5.74, 6) is -3.99. The van der Waals surface area contributed by atoms with E-state index in [-0.39, 0.29) is 56.4 Å². The zero-order valence-electron chi connectivity index (χ0n) is 38.6. The van der Waals surface area contributed by atoms with Gasteiger partial charge in [-0.05, 0) is 66.3 Å². The van der Waals surface area contributed by atoms with Crippen molar-refractivity contribution >= 4 is 63.2 Å². The summed E-state index contributed by atoms with van der Waals surface area (Å²) in [6, 6.07) is 17.3. The molecule has 5 rings (SSSR count). The van der Waals surface area contributed by atoms with Gasteiger partial charge in [-0.1, -0.05) is 94.4 Å². The highest BCUT2D eigenvalue weighted by molar-refractivity contribution is 5.97. The Bertz CT molecular complexity index is 2500. The average Bonchev–Trinajstić information content (AvgIpc) is 3.90. The number of aromatic nitrogens is 2. The van der Waals surface area contributed by atoms with Crippen LogP contribution in [0.15, 0.2) is 96.2 Å². The summed E-state index contributed by atoms with van der Waals surface area (Å²) in [6.45, 7) is 7.85. The number of amides is 6. The molecule has 0 spiro atoms. The number of hydrogen-bond acceptors (Lipinski definition) is 8. The highest BCUT2D eigenvalue weighted by atomic mass is 16.2. The third-order valence-electron chi connectivity index (χ3n) is 11.4. The Labute approximate surface area is 390 Å². The van der Waals surface area contributed by atoms with Gasteiger partial charge >= 0.3 is 0 Å². The van der Waals surface area contributed by atoms with E-state index in [1.807, 2.05) is 94.4 Å². The van der Waals surface area contributed by atoms with Gasteiger partial charge in [0, 0.05) is 60.0 Å². The van der Waals surface area contributed by atoms with Gasteiger partial charge in [-0.15, -0.1) is 0 Å². The van der Waals surface area contributed by atoms with E-state index in [0.717, 1.165) is 27.4 Å². The first-order valence-electron chi connectivity index (χ1n) is 22.7. The predicted octanol–water partition coefficient (Wildman–Crippen LogP) is 2.06. The number of nitrogens with one attached hydrogen (secondary N) is 7. The molecule has 6 unspecified atom stereocenters. The molecule has 67 heavy (non-hydrogen) atoms. The number of carbonyl (C=O) groups is 6. The number of benzene rings is 3. The second-order valence-corrected chi connectivity index (χ2v) is 17.8. The fraction of sp³-hybridized carbons (Fsp3) is 0.408. The highest BCUT2D eigenvalue weighted by Crippen LogP contribution is 2.21. The van der Waals surface area contributed by atoms with E-state index < -0.39 is 71.7 Å².